The van der Waals surface area contributed by atoms with Crippen LogP contribution in [0, 0.1) is 0 Å². The molecule has 4 heterocycles. The zero-order valence-corrected chi connectivity index (χ0v) is 31.6. The molecular weight excluding hydrogens is 725 g/mol. The van der Waals surface area contributed by atoms with E-state index in [0.29, 0.717) is 28.9 Å². The van der Waals surface area contributed by atoms with E-state index in [0.717, 1.165) is 50.2 Å². The molecule has 0 aliphatic carbocycles. The van der Waals surface area contributed by atoms with Crippen molar-refractivity contribution in [3.05, 3.63) is 194 Å². The number of benzene rings is 8. The molecule has 0 aliphatic rings. The highest BCUT2D eigenvalue weighted by atomic mass is 16.3. The Morgan fingerprint density at radius 2 is 0.831 bits per heavy atom. The molecule has 12 aromatic rings. The van der Waals surface area contributed by atoms with Crippen molar-refractivity contribution < 1.29 is 4.42 Å². The van der Waals surface area contributed by atoms with Crippen LogP contribution in [0.25, 0.3) is 112 Å². The van der Waals surface area contributed by atoms with Gasteiger partial charge in [0.15, 0.2) is 23.1 Å². The van der Waals surface area contributed by atoms with Crippen molar-refractivity contribution in [3.63, 3.8) is 0 Å². The summed E-state index contributed by atoms with van der Waals surface area (Å²) < 4.78 is 11.2. The lowest BCUT2D eigenvalue weighted by atomic mass is 10.1. The lowest BCUT2D eigenvalue weighted by Gasteiger charge is -2.13. The molecule has 12 rings (SSSR count). The van der Waals surface area contributed by atoms with Crippen molar-refractivity contribution in [2.24, 2.45) is 0 Å². The quantitative estimate of drug-likeness (QED) is 0.169. The van der Waals surface area contributed by atoms with Crippen LogP contribution in [0.2, 0.25) is 0 Å². The van der Waals surface area contributed by atoms with Crippen LogP contribution in [0.1, 0.15) is 0 Å². The smallest absolute Gasteiger partial charge is 0.227 e. The molecule has 0 bridgehead atoms. The monoisotopic (exact) mass is 756 g/mol. The largest absolute Gasteiger partial charge is 0.435 e. The first-order valence-corrected chi connectivity index (χ1v) is 19.7. The number of fused-ring (bicyclic) bond motifs is 8. The van der Waals surface area contributed by atoms with Gasteiger partial charge in [0.05, 0.1) is 27.6 Å². The molecule has 276 valence electrons. The Labute approximate surface area is 338 Å². The van der Waals surface area contributed by atoms with Gasteiger partial charge >= 0.3 is 0 Å². The van der Waals surface area contributed by atoms with Crippen molar-refractivity contribution in [1.29, 1.82) is 0 Å². The number of aromatic nitrogens is 6. The van der Waals surface area contributed by atoms with Crippen LogP contribution in [0.3, 0.4) is 0 Å². The Morgan fingerprint density at radius 1 is 0.339 bits per heavy atom. The Morgan fingerprint density at radius 3 is 1.44 bits per heavy atom. The van der Waals surface area contributed by atoms with Crippen LogP contribution in [0.15, 0.2) is 199 Å². The summed E-state index contributed by atoms with van der Waals surface area (Å²) in [5.41, 5.74) is 11.6. The van der Waals surface area contributed by atoms with Crippen LogP contribution >= 0.6 is 0 Å². The van der Waals surface area contributed by atoms with Gasteiger partial charge in [0.2, 0.25) is 5.89 Å². The molecule has 0 amide bonds. The molecule has 7 nitrogen and oxygen atoms in total. The molecule has 0 N–H and O–H groups in total. The number of hydrogen-bond donors (Lipinski definition) is 0. The van der Waals surface area contributed by atoms with Gasteiger partial charge in [-0.25, -0.2) is 19.9 Å². The van der Waals surface area contributed by atoms with E-state index < -0.39 is 0 Å². The molecule has 7 heteroatoms. The maximum atomic E-state index is 6.43. The van der Waals surface area contributed by atoms with E-state index in [2.05, 4.69) is 124 Å². The second-order valence-corrected chi connectivity index (χ2v) is 14.7. The molecule has 0 unspecified atom stereocenters. The van der Waals surface area contributed by atoms with Crippen LogP contribution < -0.4 is 0 Å². The first-order chi connectivity index (χ1) is 29.3. The normalized spacial score (nSPS) is 11.7. The van der Waals surface area contributed by atoms with Gasteiger partial charge in [-0.05, 0) is 72.8 Å². The maximum Gasteiger partial charge on any atom is 0.227 e. The Kier molecular flexibility index (Phi) is 7.40. The SMILES string of the molecule is c1ccc(-c2nc(-c3ccc(-n4c5ccccc5c5ccc6c7ccccc7n(-c7ccccc7)c6c54)cc3)nc(-c3cccc4nc(-c5ccccc5)oc34)n2)cc1. The molecule has 0 spiro atoms. The van der Waals surface area contributed by atoms with Crippen molar-refractivity contribution in [2.75, 3.05) is 0 Å². The minimum atomic E-state index is 0.512. The molecule has 8 aromatic carbocycles. The maximum absolute atomic E-state index is 6.43. The fraction of sp³-hybridized carbons (Fsp3) is 0. The summed E-state index contributed by atoms with van der Waals surface area (Å²) in [5.74, 6) is 2.20. The van der Waals surface area contributed by atoms with Crippen LogP contribution in [-0.4, -0.2) is 29.1 Å². The number of rotatable bonds is 6. The molecule has 0 saturated carbocycles. The van der Waals surface area contributed by atoms with E-state index in [-0.39, 0.29) is 0 Å². The third-order valence-corrected chi connectivity index (χ3v) is 11.2. The number of oxazole rings is 1. The van der Waals surface area contributed by atoms with Gasteiger partial charge in [-0.15, -0.1) is 0 Å². The summed E-state index contributed by atoms with van der Waals surface area (Å²) in [4.78, 5) is 20.0. The standard InChI is InChI=1S/C52H32N6O/c1-4-15-33(16-5-1)49-54-50(56-51(55-49)42-23-14-24-43-48(42)59-52(53-43)35-17-6-2-7-18-35)34-27-29-37(30-28-34)58-45-26-13-11-22-39(45)41-32-31-40-38-21-10-12-25-44(38)57(46(40)47(41)58)36-19-8-3-9-20-36/h1-32H. The number of para-hydroxylation sites is 4. The molecule has 0 saturated heterocycles. The van der Waals surface area contributed by atoms with E-state index in [1.807, 2.05) is 78.9 Å². The fourth-order valence-electron chi connectivity index (χ4n) is 8.54. The molecule has 0 radical (unpaired) electrons. The first-order valence-electron chi connectivity index (χ1n) is 19.7. The van der Waals surface area contributed by atoms with Gasteiger partial charge in [0.25, 0.3) is 0 Å². The second-order valence-electron chi connectivity index (χ2n) is 14.7. The number of nitrogens with zero attached hydrogens (tertiary/aromatic N) is 6. The second kappa shape index (κ2) is 13.2. The topological polar surface area (TPSA) is 74.6 Å². The summed E-state index contributed by atoms with van der Waals surface area (Å²) in [6, 6.07) is 67.0. The predicted octanol–water partition coefficient (Wildman–Crippen LogP) is 12.9. The number of hydrogen-bond acceptors (Lipinski definition) is 5. The molecule has 4 aromatic heterocycles. The summed E-state index contributed by atoms with van der Waals surface area (Å²) in [5, 5.41) is 4.83. The van der Waals surface area contributed by atoms with Gasteiger partial charge in [0, 0.05) is 49.6 Å². The average molecular weight is 757 g/mol. The van der Waals surface area contributed by atoms with Crippen LogP contribution in [0.5, 0.6) is 0 Å². The summed E-state index contributed by atoms with van der Waals surface area (Å²) >= 11 is 0. The minimum absolute atomic E-state index is 0.512. The zero-order valence-electron chi connectivity index (χ0n) is 31.6. The van der Waals surface area contributed by atoms with E-state index in [4.69, 9.17) is 24.4 Å². The minimum Gasteiger partial charge on any atom is -0.435 e. The van der Waals surface area contributed by atoms with Gasteiger partial charge in [-0.1, -0.05) is 121 Å². The van der Waals surface area contributed by atoms with Crippen LogP contribution in [0.4, 0.5) is 0 Å². The van der Waals surface area contributed by atoms with E-state index in [1.165, 1.54) is 32.6 Å². The summed E-state index contributed by atoms with van der Waals surface area (Å²) in [7, 11) is 0. The Hall–Kier alpha value is -8.16. The van der Waals surface area contributed by atoms with Crippen molar-refractivity contribution >= 4 is 54.7 Å². The molecule has 0 atom stereocenters. The third kappa shape index (κ3) is 5.29. The highest BCUT2D eigenvalue weighted by Crippen LogP contribution is 2.42. The molecule has 0 aliphatic heterocycles. The van der Waals surface area contributed by atoms with E-state index in [9.17, 15) is 0 Å². The van der Waals surface area contributed by atoms with Crippen molar-refractivity contribution in [3.8, 4) is 57.0 Å². The lowest BCUT2D eigenvalue weighted by Crippen LogP contribution is -2.01. The molecular formula is C52H32N6O. The third-order valence-electron chi connectivity index (χ3n) is 11.2. The summed E-state index contributed by atoms with van der Waals surface area (Å²) in [6.45, 7) is 0. The molecule has 0 fully saturated rings. The Balaban J connectivity index is 1.05. The van der Waals surface area contributed by atoms with Gasteiger partial charge in [0.1, 0.15) is 5.52 Å². The lowest BCUT2D eigenvalue weighted by molar-refractivity contribution is 0.620. The Bertz CT molecular complexity index is 3530. The van der Waals surface area contributed by atoms with Gasteiger partial charge in [-0.2, -0.15) is 0 Å². The highest BCUT2D eigenvalue weighted by molar-refractivity contribution is 6.23. The first kappa shape index (κ1) is 33.0. The van der Waals surface area contributed by atoms with Gasteiger partial charge in [-0.3, -0.25) is 0 Å². The predicted molar refractivity (Wildman–Crippen MR) is 238 cm³/mol. The van der Waals surface area contributed by atoms with Gasteiger partial charge < -0.3 is 13.6 Å². The van der Waals surface area contributed by atoms with E-state index >= 15 is 0 Å². The van der Waals surface area contributed by atoms with Crippen molar-refractivity contribution in [1.82, 2.24) is 29.1 Å². The fourth-order valence-corrected chi connectivity index (χ4v) is 8.54. The van der Waals surface area contributed by atoms with Crippen LogP contribution in [-0.2, 0) is 0 Å². The zero-order chi connectivity index (χ0) is 38.9. The highest BCUT2D eigenvalue weighted by Gasteiger charge is 2.22. The van der Waals surface area contributed by atoms with Crippen molar-refractivity contribution in [2.45, 2.75) is 0 Å². The molecule has 59 heavy (non-hydrogen) atoms. The van der Waals surface area contributed by atoms with E-state index in [1.54, 1.807) is 0 Å². The summed E-state index contributed by atoms with van der Waals surface area (Å²) in [6.07, 6.45) is 0. The average Bonchev–Trinajstić information content (AvgIpc) is 4.01.